The van der Waals surface area contributed by atoms with Gasteiger partial charge in [0.2, 0.25) is 0 Å². The Labute approximate surface area is 216 Å². The molecule has 7 nitrogen and oxygen atoms in total. The normalized spacial score (nSPS) is 24.4. The van der Waals surface area contributed by atoms with E-state index >= 15 is 0 Å². The summed E-state index contributed by atoms with van der Waals surface area (Å²) >= 11 is 0. The third kappa shape index (κ3) is 4.95. The number of carbonyl (C=O) groups excluding carboxylic acids is 2. The summed E-state index contributed by atoms with van der Waals surface area (Å²) < 4.78 is 29.7. The Hall–Kier alpha value is -3.36. The zero-order chi connectivity index (χ0) is 26.0. The average molecular weight is 503 g/mol. The van der Waals surface area contributed by atoms with Crippen LogP contribution in [0.2, 0.25) is 0 Å². The van der Waals surface area contributed by atoms with Crippen LogP contribution in [0.1, 0.15) is 37.5 Å². The summed E-state index contributed by atoms with van der Waals surface area (Å²) in [5.74, 6) is -1.83. The lowest BCUT2D eigenvalue weighted by atomic mass is 9.80. The van der Waals surface area contributed by atoms with E-state index in [1.807, 2.05) is 91.0 Å². The quantitative estimate of drug-likeness (QED) is 0.334. The predicted molar refractivity (Wildman–Crippen MR) is 134 cm³/mol. The lowest BCUT2D eigenvalue weighted by Crippen LogP contribution is -2.44. The highest BCUT2D eigenvalue weighted by Crippen LogP contribution is 2.42. The molecule has 0 radical (unpaired) electrons. The van der Waals surface area contributed by atoms with Gasteiger partial charge in [0.25, 0.3) is 0 Å². The molecule has 3 aromatic rings. The fraction of sp³-hybridized carbons (Fsp3) is 0.333. The minimum Gasteiger partial charge on any atom is -0.456 e. The lowest BCUT2D eigenvalue weighted by molar-refractivity contribution is -0.218. The zero-order valence-electron chi connectivity index (χ0n) is 21.0. The molecule has 192 valence electrons. The van der Waals surface area contributed by atoms with Gasteiger partial charge in [0.1, 0.15) is 12.2 Å². The standard InChI is InChI=1S/C30H30O7/c1-20(31)34-26-25(35-28-27(26)36-29(2,3)37-28)24(32)19-33-30(21-13-7-4-8-14-21,22-15-9-5-10-16-22)23-17-11-6-12-18-23/h4-18,25-28H,19H2,1-3H3/t25-,26-,27?,28+/m1/s1. The van der Waals surface area contributed by atoms with E-state index in [1.54, 1.807) is 13.8 Å². The number of esters is 1. The molecular formula is C30H30O7. The molecule has 0 spiro atoms. The third-order valence-corrected chi connectivity index (χ3v) is 6.58. The Morgan fingerprint density at radius 3 is 1.76 bits per heavy atom. The van der Waals surface area contributed by atoms with Crippen molar-refractivity contribution in [2.45, 2.75) is 56.8 Å². The molecule has 37 heavy (non-hydrogen) atoms. The molecule has 2 saturated heterocycles. The first-order chi connectivity index (χ1) is 17.8. The number of ether oxygens (including phenoxy) is 5. The van der Waals surface area contributed by atoms with Crippen LogP contribution in [-0.4, -0.2) is 48.7 Å². The number of hydrogen-bond donors (Lipinski definition) is 0. The fourth-order valence-electron chi connectivity index (χ4n) is 5.09. The SMILES string of the molecule is CC(=O)O[C@H]1C2OC(C)(C)O[C@@H]2O[C@@H]1C(=O)COC(c1ccccc1)(c1ccccc1)c1ccccc1. The smallest absolute Gasteiger partial charge is 0.303 e. The molecule has 0 saturated carbocycles. The fourth-order valence-corrected chi connectivity index (χ4v) is 5.09. The summed E-state index contributed by atoms with van der Waals surface area (Å²) in [6, 6.07) is 29.3. The molecule has 5 rings (SSSR count). The van der Waals surface area contributed by atoms with Gasteiger partial charge in [-0.1, -0.05) is 91.0 Å². The van der Waals surface area contributed by atoms with Crippen LogP contribution in [0.5, 0.6) is 0 Å². The van der Waals surface area contributed by atoms with Gasteiger partial charge in [-0.15, -0.1) is 0 Å². The van der Waals surface area contributed by atoms with Crippen LogP contribution < -0.4 is 0 Å². The molecule has 0 bridgehead atoms. The van der Waals surface area contributed by atoms with Gasteiger partial charge in [-0.3, -0.25) is 9.59 Å². The number of ketones is 1. The van der Waals surface area contributed by atoms with Gasteiger partial charge in [-0.2, -0.15) is 0 Å². The predicted octanol–water partition coefficient (Wildman–Crippen LogP) is 4.37. The Bertz CT molecular complexity index is 1130. The number of hydrogen-bond acceptors (Lipinski definition) is 7. The maximum absolute atomic E-state index is 13.6. The van der Waals surface area contributed by atoms with Crippen molar-refractivity contribution in [3.05, 3.63) is 108 Å². The molecule has 4 atom stereocenters. The molecule has 0 aromatic heterocycles. The van der Waals surface area contributed by atoms with Gasteiger partial charge in [0, 0.05) is 6.92 Å². The molecule has 0 amide bonds. The van der Waals surface area contributed by atoms with E-state index in [1.165, 1.54) is 6.92 Å². The van der Waals surface area contributed by atoms with Crippen molar-refractivity contribution in [3.8, 4) is 0 Å². The van der Waals surface area contributed by atoms with Crippen molar-refractivity contribution in [2.24, 2.45) is 0 Å². The average Bonchev–Trinajstić information content (AvgIpc) is 3.38. The largest absolute Gasteiger partial charge is 0.456 e. The Balaban J connectivity index is 1.49. The Morgan fingerprint density at radius 2 is 1.30 bits per heavy atom. The summed E-state index contributed by atoms with van der Waals surface area (Å²) in [5.41, 5.74) is 1.54. The van der Waals surface area contributed by atoms with E-state index in [2.05, 4.69) is 0 Å². The number of fused-ring (bicyclic) bond motifs is 1. The minimum atomic E-state index is -1.09. The molecular weight excluding hydrogens is 472 g/mol. The van der Waals surface area contributed by atoms with Gasteiger partial charge in [-0.05, 0) is 30.5 Å². The van der Waals surface area contributed by atoms with E-state index in [-0.39, 0.29) is 12.4 Å². The summed E-state index contributed by atoms with van der Waals surface area (Å²) in [6.45, 7) is 4.47. The first-order valence-corrected chi connectivity index (χ1v) is 12.3. The summed E-state index contributed by atoms with van der Waals surface area (Å²) in [5, 5.41) is 0. The topological polar surface area (TPSA) is 80.3 Å². The van der Waals surface area contributed by atoms with Gasteiger partial charge < -0.3 is 23.7 Å². The van der Waals surface area contributed by atoms with Crippen LogP contribution in [0.3, 0.4) is 0 Å². The van der Waals surface area contributed by atoms with E-state index < -0.39 is 42.0 Å². The van der Waals surface area contributed by atoms with Crippen molar-refractivity contribution >= 4 is 11.8 Å². The van der Waals surface area contributed by atoms with Crippen LogP contribution in [0.4, 0.5) is 0 Å². The molecule has 2 aliphatic heterocycles. The summed E-state index contributed by atoms with van der Waals surface area (Å²) in [4.78, 5) is 25.5. The van der Waals surface area contributed by atoms with Gasteiger partial charge in [0.15, 0.2) is 36.2 Å². The highest BCUT2D eigenvalue weighted by molar-refractivity contribution is 5.86. The Kier molecular flexibility index (Phi) is 6.96. The van der Waals surface area contributed by atoms with Crippen molar-refractivity contribution in [2.75, 3.05) is 6.61 Å². The highest BCUT2D eigenvalue weighted by atomic mass is 16.8. The number of benzene rings is 3. The first kappa shape index (κ1) is 25.3. The number of carbonyl (C=O) groups is 2. The maximum atomic E-state index is 13.6. The first-order valence-electron chi connectivity index (χ1n) is 12.3. The second-order valence-corrected chi connectivity index (χ2v) is 9.63. The van der Waals surface area contributed by atoms with E-state index in [4.69, 9.17) is 23.7 Å². The summed E-state index contributed by atoms with van der Waals surface area (Å²) in [6.07, 6.45) is -3.57. The molecule has 3 aromatic carbocycles. The molecule has 2 aliphatic rings. The number of Topliss-reactive ketones (excluding diaryl/α,β-unsaturated/α-hetero) is 1. The van der Waals surface area contributed by atoms with Crippen LogP contribution in [0.15, 0.2) is 91.0 Å². The molecule has 1 unspecified atom stereocenters. The summed E-state index contributed by atoms with van der Waals surface area (Å²) in [7, 11) is 0. The van der Waals surface area contributed by atoms with Crippen molar-refractivity contribution in [1.82, 2.24) is 0 Å². The Morgan fingerprint density at radius 1 is 0.811 bits per heavy atom. The third-order valence-electron chi connectivity index (χ3n) is 6.58. The lowest BCUT2D eigenvalue weighted by Gasteiger charge is -2.36. The maximum Gasteiger partial charge on any atom is 0.303 e. The monoisotopic (exact) mass is 502 g/mol. The molecule has 2 heterocycles. The van der Waals surface area contributed by atoms with Crippen LogP contribution >= 0.6 is 0 Å². The van der Waals surface area contributed by atoms with E-state index in [9.17, 15) is 9.59 Å². The van der Waals surface area contributed by atoms with Crippen LogP contribution in [-0.2, 0) is 38.9 Å². The number of rotatable bonds is 8. The highest BCUT2D eigenvalue weighted by Gasteiger charge is 2.58. The van der Waals surface area contributed by atoms with Crippen molar-refractivity contribution < 1.29 is 33.3 Å². The van der Waals surface area contributed by atoms with Gasteiger partial charge in [0.05, 0.1) is 0 Å². The molecule has 0 N–H and O–H groups in total. The van der Waals surface area contributed by atoms with Crippen molar-refractivity contribution in [1.29, 1.82) is 0 Å². The van der Waals surface area contributed by atoms with Crippen LogP contribution in [0, 0.1) is 0 Å². The van der Waals surface area contributed by atoms with E-state index in [0.717, 1.165) is 16.7 Å². The van der Waals surface area contributed by atoms with Gasteiger partial charge in [-0.25, -0.2) is 0 Å². The second-order valence-electron chi connectivity index (χ2n) is 9.63. The minimum absolute atomic E-state index is 0.302. The molecule has 2 fully saturated rings. The zero-order valence-corrected chi connectivity index (χ0v) is 21.0. The van der Waals surface area contributed by atoms with Gasteiger partial charge >= 0.3 is 5.97 Å². The van der Waals surface area contributed by atoms with Crippen LogP contribution in [0.25, 0.3) is 0 Å². The molecule has 0 aliphatic carbocycles. The molecule has 7 heteroatoms. The van der Waals surface area contributed by atoms with Crippen molar-refractivity contribution in [3.63, 3.8) is 0 Å². The van der Waals surface area contributed by atoms with E-state index in [0.29, 0.717) is 0 Å². The second kappa shape index (κ2) is 10.2.